The number of rotatable bonds is 7. The number of terminal acetylenes is 2. The summed E-state index contributed by atoms with van der Waals surface area (Å²) < 4.78 is 12.8. The Bertz CT molecular complexity index is 320. The van der Waals surface area contributed by atoms with Crippen LogP contribution in [0.2, 0.25) is 50.9 Å². The van der Waals surface area contributed by atoms with Gasteiger partial charge in [-0.25, -0.2) is 0 Å². The third-order valence-corrected chi connectivity index (χ3v) is 14.0. The predicted molar refractivity (Wildman–Crippen MR) is 86.5 cm³/mol. The van der Waals surface area contributed by atoms with E-state index in [1.807, 2.05) is 0 Å². The van der Waals surface area contributed by atoms with Gasteiger partial charge in [-0.3, -0.25) is 0 Å². The van der Waals surface area contributed by atoms with Gasteiger partial charge in [0.1, 0.15) is 0 Å². The highest BCUT2D eigenvalue weighted by Gasteiger charge is 2.41. The van der Waals surface area contributed by atoms with Crippen LogP contribution in [0.5, 0.6) is 0 Å². The van der Waals surface area contributed by atoms with Crippen molar-refractivity contribution in [3.05, 3.63) is 0 Å². The first-order chi connectivity index (χ1) is 8.10. The van der Waals surface area contributed by atoms with Crippen LogP contribution in [-0.2, 0) is 8.23 Å². The largest absolute Gasteiger partial charge is 0.436 e. The van der Waals surface area contributed by atoms with Crippen molar-refractivity contribution in [2.24, 2.45) is 0 Å². The fourth-order valence-corrected chi connectivity index (χ4v) is 14.5. The molecule has 0 aliphatic heterocycles. The highest BCUT2D eigenvalue weighted by atomic mass is 28.5. The molecule has 0 bridgehead atoms. The minimum absolute atomic E-state index is 0.732. The lowest BCUT2D eigenvalue weighted by Crippen LogP contribution is -2.53. The molecular formula is C13H26O2Si3. The Balaban J connectivity index is 4.83. The summed E-state index contributed by atoms with van der Waals surface area (Å²) in [7, 11) is -5.76. The zero-order valence-electron chi connectivity index (χ0n) is 12.6. The SMILES string of the molecule is C#CC[Si](C)(C)O[Si](C)(CC)O[Si](C)(C)CC#C. The molecule has 0 fully saturated rings. The first kappa shape index (κ1) is 17.7. The van der Waals surface area contributed by atoms with Crippen LogP contribution in [0.25, 0.3) is 0 Å². The third kappa shape index (κ3) is 6.58. The van der Waals surface area contributed by atoms with E-state index in [0.717, 1.165) is 18.1 Å². The molecule has 5 heteroatoms. The minimum Gasteiger partial charge on any atom is -0.436 e. The van der Waals surface area contributed by atoms with E-state index in [4.69, 9.17) is 21.1 Å². The van der Waals surface area contributed by atoms with Crippen LogP contribution < -0.4 is 0 Å². The lowest BCUT2D eigenvalue weighted by molar-refractivity contribution is 0.383. The predicted octanol–water partition coefficient (Wildman–Crippen LogP) is 3.79. The molecule has 0 saturated heterocycles. The van der Waals surface area contributed by atoms with Gasteiger partial charge in [-0.2, -0.15) is 0 Å². The van der Waals surface area contributed by atoms with Gasteiger partial charge in [0.2, 0.25) is 0 Å². The normalized spacial score (nSPS) is 12.9. The fraction of sp³-hybridized carbons (Fsp3) is 0.692. The Morgan fingerprint density at radius 2 is 1.17 bits per heavy atom. The summed E-state index contributed by atoms with van der Waals surface area (Å²) in [4.78, 5) is 0. The van der Waals surface area contributed by atoms with Crippen molar-refractivity contribution in [2.75, 3.05) is 0 Å². The van der Waals surface area contributed by atoms with Gasteiger partial charge in [-0.15, -0.1) is 24.7 Å². The molecule has 0 unspecified atom stereocenters. The molecule has 0 spiro atoms. The van der Waals surface area contributed by atoms with E-state index in [1.165, 1.54) is 0 Å². The summed E-state index contributed by atoms with van der Waals surface area (Å²) in [5.41, 5.74) is 0. The maximum Gasteiger partial charge on any atom is 0.314 e. The summed E-state index contributed by atoms with van der Waals surface area (Å²) in [6.07, 6.45) is 10.8. The molecule has 0 aliphatic rings. The Kier molecular flexibility index (Phi) is 6.62. The van der Waals surface area contributed by atoms with Crippen LogP contribution in [0.1, 0.15) is 6.92 Å². The maximum atomic E-state index is 6.38. The number of hydrogen-bond acceptors (Lipinski definition) is 2. The second kappa shape index (κ2) is 6.74. The highest BCUT2D eigenvalue weighted by molar-refractivity contribution is 6.88. The smallest absolute Gasteiger partial charge is 0.314 e. The van der Waals surface area contributed by atoms with E-state index in [1.54, 1.807) is 0 Å². The zero-order valence-corrected chi connectivity index (χ0v) is 15.6. The lowest BCUT2D eigenvalue weighted by atomic mass is 10.8. The fourth-order valence-electron chi connectivity index (χ4n) is 1.90. The molecule has 18 heavy (non-hydrogen) atoms. The third-order valence-electron chi connectivity index (χ3n) is 2.68. The van der Waals surface area contributed by atoms with Crippen LogP contribution in [0.4, 0.5) is 0 Å². The maximum absolute atomic E-state index is 6.38. The van der Waals surface area contributed by atoms with E-state index in [9.17, 15) is 0 Å². The molecule has 0 aromatic carbocycles. The van der Waals surface area contributed by atoms with E-state index in [0.29, 0.717) is 0 Å². The number of hydrogen-bond donors (Lipinski definition) is 0. The molecule has 0 heterocycles. The van der Waals surface area contributed by atoms with Gasteiger partial charge in [0.25, 0.3) is 0 Å². The summed E-state index contributed by atoms with van der Waals surface area (Å²) in [5.74, 6) is 5.45. The first-order valence-corrected chi connectivity index (χ1v) is 15.1. The van der Waals surface area contributed by atoms with Crippen molar-refractivity contribution < 1.29 is 8.23 Å². The molecule has 0 aromatic rings. The highest BCUT2D eigenvalue weighted by Crippen LogP contribution is 2.26. The van der Waals surface area contributed by atoms with Crippen molar-refractivity contribution in [1.29, 1.82) is 0 Å². The van der Waals surface area contributed by atoms with Crippen molar-refractivity contribution in [2.45, 2.75) is 57.8 Å². The second-order valence-electron chi connectivity index (χ2n) is 5.97. The quantitative estimate of drug-likeness (QED) is 0.526. The monoisotopic (exact) mass is 298 g/mol. The van der Waals surface area contributed by atoms with Gasteiger partial charge in [0.05, 0.1) is 0 Å². The molecule has 0 radical (unpaired) electrons. The van der Waals surface area contributed by atoms with Gasteiger partial charge in [0.15, 0.2) is 16.6 Å². The Labute approximate surface area is 116 Å². The summed E-state index contributed by atoms with van der Waals surface area (Å²) in [6, 6.07) is 2.40. The van der Waals surface area contributed by atoms with Gasteiger partial charge in [0, 0.05) is 12.1 Å². The Morgan fingerprint density at radius 3 is 1.39 bits per heavy atom. The Hall–Kier alpha value is -0.309. The van der Waals surface area contributed by atoms with E-state index in [2.05, 4.69) is 51.5 Å². The standard InChI is InChI=1S/C13H26O2Si3/c1-9-12-16(4,5)14-18(8,11-3)15-17(6,7)13-10-2/h1-2H,11-13H2,3-8H3. The molecule has 0 N–H and O–H groups in total. The van der Waals surface area contributed by atoms with Crippen LogP contribution in [0, 0.1) is 24.7 Å². The van der Waals surface area contributed by atoms with Crippen molar-refractivity contribution in [3.8, 4) is 24.7 Å². The topological polar surface area (TPSA) is 18.5 Å². The van der Waals surface area contributed by atoms with Crippen LogP contribution in [0.15, 0.2) is 0 Å². The first-order valence-electron chi connectivity index (χ1n) is 6.37. The van der Waals surface area contributed by atoms with Gasteiger partial charge >= 0.3 is 8.56 Å². The average Bonchev–Trinajstić information content (AvgIpc) is 2.14. The van der Waals surface area contributed by atoms with Gasteiger partial charge in [-0.1, -0.05) is 6.92 Å². The molecule has 102 valence electrons. The van der Waals surface area contributed by atoms with E-state index >= 15 is 0 Å². The van der Waals surface area contributed by atoms with Crippen LogP contribution in [0.3, 0.4) is 0 Å². The van der Waals surface area contributed by atoms with E-state index in [-0.39, 0.29) is 0 Å². The van der Waals surface area contributed by atoms with Crippen molar-refractivity contribution in [3.63, 3.8) is 0 Å². The van der Waals surface area contributed by atoms with Crippen LogP contribution in [-0.4, -0.2) is 25.2 Å². The molecule has 0 aromatic heterocycles. The average molecular weight is 299 g/mol. The second-order valence-corrected chi connectivity index (χ2v) is 18.3. The molecule has 0 rings (SSSR count). The zero-order chi connectivity index (χ0) is 14.4. The summed E-state index contributed by atoms with van der Waals surface area (Å²) >= 11 is 0. The van der Waals surface area contributed by atoms with E-state index < -0.39 is 25.2 Å². The molecule has 2 nitrogen and oxygen atoms in total. The van der Waals surface area contributed by atoms with Gasteiger partial charge < -0.3 is 8.23 Å². The molecular weight excluding hydrogens is 272 g/mol. The summed E-state index contributed by atoms with van der Waals surface area (Å²) in [6.45, 7) is 12.9. The molecule has 0 atom stereocenters. The minimum atomic E-state index is -2.14. The molecule has 0 aliphatic carbocycles. The van der Waals surface area contributed by atoms with Crippen molar-refractivity contribution in [1.82, 2.24) is 0 Å². The lowest BCUT2D eigenvalue weighted by Gasteiger charge is -2.39. The van der Waals surface area contributed by atoms with Gasteiger partial charge in [-0.05, 0) is 38.8 Å². The summed E-state index contributed by atoms with van der Waals surface area (Å²) in [5, 5.41) is 0. The van der Waals surface area contributed by atoms with Crippen molar-refractivity contribution >= 4 is 25.2 Å². The molecule has 0 saturated carbocycles. The van der Waals surface area contributed by atoms with Crippen LogP contribution >= 0.6 is 0 Å². The molecule has 0 amide bonds. The Morgan fingerprint density at radius 1 is 0.833 bits per heavy atom.